The SMILES string of the molecule is c1cn2nccc2c(N2CCC3(CC2)OCCO3)n1. The summed E-state index contributed by atoms with van der Waals surface area (Å²) in [4.78, 5) is 6.79. The van der Waals surface area contributed by atoms with Gasteiger partial charge in [-0.1, -0.05) is 0 Å². The van der Waals surface area contributed by atoms with Gasteiger partial charge in [-0.25, -0.2) is 9.50 Å². The molecule has 0 N–H and O–H groups in total. The van der Waals surface area contributed by atoms with Gasteiger partial charge < -0.3 is 14.4 Å². The van der Waals surface area contributed by atoms with E-state index < -0.39 is 0 Å². The highest BCUT2D eigenvalue weighted by Crippen LogP contribution is 2.33. The summed E-state index contributed by atoms with van der Waals surface area (Å²) < 4.78 is 13.4. The highest BCUT2D eigenvalue weighted by Gasteiger charge is 2.40. The van der Waals surface area contributed by atoms with E-state index in [1.165, 1.54) is 0 Å². The third-order valence-corrected chi connectivity index (χ3v) is 3.94. The molecule has 0 atom stereocenters. The second-order valence-electron chi connectivity index (χ2n) is 5.01. The summed E-state index contributed by atoms with van der Waals surface area (Å²) in [5, 5.41) is 4.25. The zero-order chi connectivity index (χ0) is 12.7. The van der Waals surface area contributed by atoms with Crippen LogP contribution in [0.15, 0.2) is 24.7 Å². The van der Waals surface area contributed by atoms with Gasteiger partial charge in [0.25, 0.3) is 0 Å². The van der Waals surface area contributed by atoms with Gasteiger partial charge in [0, 0.05) is 38.3 Å². The number of nitrogens with zero attached hydrogens (tertiary/aromatic N) is 4. The second-order valence-corrected chi connectivity index (χ2v) is 5.01. The lowest BCUT2D eigenvalue weighted by Crippen LogP contribution is -2.45. The van der Waals surface area contributed by atoms with Gasteiger partial charge in [-0.2, -0.15) is 5.10 Å². The Hall–Kier alpha value is -1.66. The molecule has 0 bridgehead atoms. The predicted molar refractivity (Wildman–Crippen MR) is 69.1 cm³/mol. The van der Waals surface area contributed by atoms with Crippen LogP contribution in [-0.2, 0) is 9.47 Å². The third kappa shape index (κ3) is 1.79. The zero-order valence-corrected chi connectivity index (χ0v) is 10.7. The minimum atomic E-state index is -0.332. The number of anilines is 1. The van der Waals surface area contributed by atoms with E-state index in [0.717, 1.165) is 50.5 Å². The van der Waals surface area contributed by atoms with Crippen LogP contribution in [-0.4, -0.2) is 46.7 Å². The maximum Gasteiger partial charge on any atom is 0.171 e. The van der Waals surface area contributed by atoms with Crippen LogP contribution in [0.4, 0.5) is 5.82 Å². The van der Waals surface area contributed by atoms with E-state index in [1.54, 1.807) is 12.4 Å². The molecule has 1 spiro atoms. The molecule has 0 aromatic carbocycles. The van der Waals surface area contributed by atoms with Crippen molar-refractivity contribution in [1.29, 1.82) is 0 Å². The number of hydrogen-bond donors (Lipinski definition) is 0. The van der Waals surface area contributed by atoms with E-state index >= 15 is 0 Å². The number of ether oxygens (including phenoxy) is 2. The van der Waals surface area contributed by atoms with Crippen molar-refractivity contribution in [3.05, 3.63) is 24.7 Å². The first-order chi connectivity index (χ1) is 9.36. The lowest BCUT2D eigenvalue weighted by atomic mass is 10.0. The normalized spacial score (nSPS) is 22.4. The highest BCUT2D eigenvalue weighted by atomic mass is 16.7. The van der Waals surface area contributed by atoms with Crippen LogP contribution >= 0.6 is 0 Å². The minimum Gasteiger partial charge on any atom is -0.354 e. The van der Waals surface area contributed by atoms with E-state index in [0.29, 0.717) is 0 Å². The van der Waals surface area contributed by atoms with Crippen LogP contribution in [0.1, 0.15) is 12.8 Å². The lowest BCUT2D eigenvalue weighted by molar-refractivity contribution is -0.169. The largest absolute Gasteiger partial charge is 0.354 e. The van der Waals surface area contributed by atoms with Crippen molar-refractivity contribution in [1.82, 2.24) is 14.6 Å². The third-order valence-electron chi connectivity index (χ3n) is 3.94. The van der Waals surface area contributed by atoms with E-state index in [9.17, 15) is 0 Å². The molecule has 2 fully saturated rings. The molecule has 0 amide bonds. The molecule has 2 aromatic rings. The first kappa shape index (κ1) is 11.2. The molecule has 0 aliphatic carbocycles. The monoisotopic (exact) mass is 260 g/mol. The Morgan fingerprint density at radius 2 is 1.89 bits per heavy atom. The summed E-state index contributed by atoms with van der Waals surface area (Å²) in [5.41, 5.74) is 1.05. The molecule has 0 saturated carbocycles. The fourth-order valence-electron chi connectivity index (χ4n) is 2.93. The Bertz CT molecular complexity index is 581. The zero-order valence-electron chi connectivity index (χ0n) is 10.7. The van der Waals surface area contributed by atoms with Crippen LogP contribution in [0.25, 0.3) is 5.52 Å². The molecule has 0 radical (unpaired) electrons. The molecule has 19 heavy (non-hydrogen) atoms. The molecular formula is C13H16N4O2. The predicted octanol–water partition coefficient (Wildman–Crippen LogP) is 1.07. The van der Waals surface area contributed by atoms with Gasteiger partial charge in [0.1, 0.15) is 5.52 Å². The highest BCUT2D eigenvalue weighted by molar-refractivity contribution is 5.68. The van der Waals surface area contributed by atoms with Gasteiger partial charge in [-0.15, -0.1) is 0 Å². The van der Waals surface area contributed by atoms with Crippen molar-refractivity contribution < 1.29 is 9.47 Å². The average molecular weight is 260 g/mol. The topological polar surface area (TPSA) is 51.9 Å². The molecule has 2 aromatic heterocycles. The second kappa shape index (κ2) is 4.18. The standard InChI is InChI=1S/C13H16N4O2/c1-4-15-17-8-5-14-12(11(1)17)16-6-2-13(3-7-16)18-9-10-19-13/h1,4-5,8H,2-3,6-7,9-10H2. The van der Waals surface area contributed by atoms with Crippen LogP contribution < -0.4 is 4.90 Å². The van der Waals surface area contributed by atoms with Crippen molar-refractivity contribution in [2.24, 2.45) is 0 Å². The van der Waals surface area contributed by atoms with Crippen LogP contribution in [0.3, 0.4) is 0 Å². The fraction of sp³-hybridized carbons (Fsp3) is 0.538. The van der Waals surface area contributed by atoms with Crippen molar-refractivity contribution in [2.75, 3.05) is 31.2 Å². The molecule has 4 rings (SSSR count). The Kier molecular flexibility index (Phi) is 2.46. The smallest absolute Gasteiger partial charge is 0.171 e. The number of aromatic nitrogens is 3. The molecular weight excluding hydrogens is 244 g/mol. The average Bonchev–Trinajstić information content (AvgIpc) is 3.09. The molecule has 0 unspecified atom stereocenters. The van der Waals surface area contributed by atoms with Gasteiger partial charge >= 0.3 is 0 Å². The summed E-state index contributed by atoms with van der Waals surface area (Å²) >= 11 is 0. The first-order valence-corrected chi connectivity index (χ1v) is 6.68. The maximum absolute atomic E-state index is 5.75. The van der Waals surface area contributed by atoms with Crippen molar-refractivity contribution in [3.8, 4) is 0 Å². The van der Waals surface area contributed by atoms with Gasteiger partial charge in [-0.3, -0.25) is 0 Å². The number of hydrogen-bond acceptors (Lipinski definition) is 5. The first-order valence-electron chi connectivity index (χ1n) is 6.68. The summed E-state index contributed by atoms with van der Waals surface area (Å²) in [6.45, 7) is 3.24. The van der Waals surface area contributed by atoms with E-state index in [4.69, 9.17) is 9.47 Å². The van der Waals surface area contributed by atoms with Crippen molar-refractivity contribution >= 4 is 11.3 Å². The quantitative estimate of drug-likeness (QED) is 0.767. The van der Waals surface area contributed by atoms with Crippen molar-refractivity contribution in [2.45, 2.75) is 18.6 Å². The van der Waals surface area contributed by atoms with Crippen LogP contribution in [0.2, 0.25) is 0 Å². The molecule has 100 valence electrons. The molecule has 6 heteroatoms. The maximum atomic E-state index is 5.75. The van der Waals surface area contributed by atoms with Crippen molar-refractivity contribution in [3.63, 3.8) is 0 Å². The summed E-state index contributed by atoms with van der Waals surface area (Å²) in [6, 6.07) is 2.00. The Morgan fingerprint density at radius 3 is 2.68 bits per heavy atom. The fourth-order valence-corrected chi connectivity index (χ4v) is 2.93. The van der Waals surface area contributed by atoms with Crippen LogP contribution in [0.5, 0.6) is 0 Å². The minimum absolute atomic E-state index is 0.332. The molecule has 6 nitrogen and oxygen atoms in total. The van der Waals surface area contributed by atoms with Crippen LogP contribution in [0, 0.1) is 0 Å². The summed E-state index contributed by atoms with van der Waals surface area (Å²) in [6.07, 6.45) is 7.25. The van der Waals surface area contributed by atoms with Gasteiger partial charge in [-0.05, 0) is 6.07 Å². The number of piperidine rings is 1. The molecule has 2 saturated heterocycles. The Morgan fingerprint density at radius 1 is 1.11 bits per heavy atom. The number of rotatable bonds is 1. The van der Waals surface area contributed by atoms with Gasteiger partial charge in [0.05, 0.1) is 19.4 Å². The van der Waals surface area contributed by atoms with Gasteiger partial charge in [0.2, 0.25) is 0 Å². The summed E-state index contributed by atoms with van der Waals surface area (Å²) in [7, 11) is 0. The molecule has 2 aliphatic heterocycles. The summed E-state index contributed by atoms with van der Waals surface area (Å²) in [5.74, 6) is 0.662. The molecule has 2 aliphatic rings. The van der Waals surface area contributed by atoms with Gasteiger partial charge in [0.15, 0.2) is 11.6 Å². The van der Waals surface area contributed by atoms with E-state index in [2.05, 4.69) is 15.0 Å². The number of fused-ring (bicyclic) bond motifs is 1. The molecule has 4 heterocycles. The lowest BCUT2D eigenvalue weighted by Gasteiger charge is -2.38. The Balaban J connectivity index is 1.59. The van der Waals surface area contributed by atoms with E-state index in [-0.39, 0.29) is 5.79 Å². The Labute approximate surface area is 110 Å². The van der Waals surface area contributed by atoms with E-state index in [1.807, 2.05) is 16.8 Å².